The second kappa shape index (κ2) is 6.24. The van der Waals surface area contributed by atoms with Crippen LogP contribution in [0.25, 0.3) is 0 Å². The van der Waals surface area contributed by atoms with Crippen LogP contribution in [0.1, 0.15) is 11.1 Å². The topological polar surface area (TPSA) is 56.8 Å². The maximum atomic E-state index is 12.3. The number of carbonyl (C=O) groups is 1. The molecule has 0 unspecified atom stereocenters. The lowest BCUT2D eigenvalue weighted by Gasteiger charge is -2.19. The summed E-state index contributed by atoms with van der Waals surface area (Å²) in [7, 11) is 0. The number of hydrogen-bond acceptors (Lipinski definition) is 4. The van der Waals surface area contributed by atoms with Crippen molar-refractivity contribution in [1.82, 2.24) is 5.32 Å². The highest BCUT2D eigenvalue weighted by atomic mass is 35.5. The average Bonchev–Trinajstić information content (AvgIpc) is 3.02. The Morgan fingerprint density at radius 2 is 1.88 bits per heavy atom. The molecule has 0 aromatic heterocycles. The van der Waals surface area contributed by atoms with E-state index in [2.05, 4.69) is 5.32 Å². The van der Waals surface area contributed by atoms with Crippen molar-refractivity contribution in [1.29, 1.82) is 0 Å². The van der Waals surface area contributed by atoms with Crippen molar-refractivity contribution in [2.24, 2.45) is 0 Å². The van der Waals surface area contributed by atoms with E-state index in [-0.39, 0.29) is 5.91 Å². The van der Waals surface area contributed by atoms with Gasteiger partial charge in [0.15, 0.2) is 17.6 Å². The quantitative estimate of drug-likeness (QED) is 0.929. The lowest BCUT2D eigenvalue weighted by atomic mass is 10.1. The molecule has 24 heavy (non-hydrogen) atoms. The van der Waals surface area contributed by atoms with Crippen LogP contribution in [0.4, 0.5) is 0 Å². The van der Waals surface area contributed by atoms with Crippen molar-refractivity contribution in [2.45, 2.75) is 19.1 Å². The van der Waals surface area contributed by atoms with Crippen molar-refractivity contribution < 1.29 is 19.0 Å². The zero-order valence-corrected chi connectivity index (χ0v) is 13.6. The maximum absolute atomic E-state index is 12.3. The van der Waals surface area contributed by atoms with Crippen LogP contribution < -0.4 is 19.5 Å². The summed E-state index contributed by atoms with van der Waals surface area (Å²) >= 11 is 5.97. The Morgan fingerprint density at radius 3 is 2.75 bits per heavy atom. The van der Waals surface area contributed by atoms with E-state index in [1.54, 1.807) is 12.1 Å². The van der Waals surface area contributed by atoms with Crippen molar-refractivity contribution in [3.8, 4) is 17.2 Å². The minimum absolute atomic E-state index is 0.141. The van der Waals surface area contributed by atoms with Gasteiger partial charge in [-0.15, -0.1) is 0 Å². The Labute approximate surface area is 144 Å². The summed E-state index contributed by atoms with van der Waals surface area (Å²) in [6, 6.07) is 11.1. The fourth-order valence-electron chi connectivity index (χ4n) is 2.86. The van der Waals surface area contributed by atoms with Crippen LogP contribution in [0.2, 0.25) is 5.02 Å². The number of benzene rings is 2. The Hall–Kier alpha value is -2.40. The van der Waals surface area contributed by atoms with Gasteiger partial charge in [-0.1, -0.05) is 17.7 Å². The molecule has 0 bridgehead atoms. The predicted molar refractivity (Wildman–Crippen MR) is 88.9 cm³/mol. The molecule has 0 aliphatic carbocycles. The number of ether oxygens (including phenoxy) is 3. The molecule has 2 aromatic rings. The standard InChI is InChI=1S/C18H16ClNO4/c19-13-2-4-14-12(8-13)9-17(24-14)18(21)20-10-11-1-3-15-16(7-11)23-6-5-22-15/h1-4,7-8,17H,5-6,9-10H2,(H,20,21)/t17-/m0/s1. The molecule has 0 saturated carbocycles. The molecule has 1 amide bonds. The van der Waals surface area contributed by atoms with Crippen LogP contribution in [-0.2, 0) is 17.8 Å². The molecular formula is C18H16ClNO4. The first-order chi connectivity index (χ1) is 11.7. The minimum Gasteiger partial charge on any atom is -0.486 e. The molecule has 6 heteroatoms. The smallest absolute Gasteiger partial charge is 0.261 e. The molecule has 5 nitrogen and oxygen atoms in total. The van der Waals surface area contributed by atoms with Crippen molar-refractivity contribution in [2.75, 3.05) is 13.2 Å². The maximum Gasteiger partial charge on any atom is 0.261 e. The van der Waals surface area contributed by atoms with Crippen LogP contribution in [0.15, 0.2) is 36.4 Å². The van der Waals surface area contributed by atoms with Crippen molar-refractivity contribution >= 4 is 17.5 Å². The van der Waals surface area contributed by atoms with E-state index in [4.69, 9.17) is 25.8 Å². The molecule has 124 valence electrons. The molecule has 4 rings (SSSR count). The largest absolute Gasteiger partial charge is 0.486 e. The second-order valence-corrected chi connectivity index (χ2v) is 6.19. The van der Waals surface area contributed by atoms with Gasteiger partial charge in [0.2, 0.25) is 0 Å². The summed E-state index contributed by atoms with van der Waals surface area (Å²) < 4.78 is 16.7. The van der Waals surface area contributed by atoms with Crippen LogP contribution in [0, 0.1) is 0 Å². The summed E-state index contributed by atoms with van der Waals surface area (Å²) in [5, 5.41) is 3.55. The monoisotopic (exact) mass is 345 g/mol. The molecule has 1 atom stereocenters. The van der Waals surface area contributed by atoms with Gasteiger partial charge in [-0.05, 0) is 41.5 Å². The molecule has 2 aliphatic rings. The third kappa shape index (κ3) is 2.99. The molecule has 0 radical (unpaired) electrons. The molecular weight excluding hydrogens is 330 g/mol. The van der Waals surface area contributed by atoms with Gasteiger partial charge in [-0.25, -0.2) is 0 Å². The zero-order valence-electron chi connectivity index (χ0n) is 12.9. The molecule has 0 fully saturated rings. The Morgan fingerprint density at radius 1 is 1.08 bits per heavy atom. The van der Waals surface area contributed by atoms with E-state index in [1.165, 1.54) is 0 Å². The Kier molecular flexibility index (Phi) is 3.94. The van der Waals surface area contributed by atoms with E-state index in [9.17, 15) is 4.79 Å². The summed E-state index contributed by atoms with van der Waals surface area (Å²) in [4.78, 5) is 12.3. The summed E-state index contributed by atoms with van der Waals surface area (Å²) in [6.45, 7) is 1.51. The molecule has 2 heterocycles. The predicted octanol–water partition coefficient (Wildman–Crippen LogP) is 2.73. The second-order valence-electron chi connectivity index (χ2n) is 5.76. The van der Waals surface area contributed by atoms with Crippen LogP contribution in [0.3, 0.4) is 0 Å². The number of halogens is 1. The molecule has 2 aliphatic heterocycles. The number of rotatable bonds is 3. The van der Waals surface area contributed by atoms with Gasteiger partial charge in [0.1, 0.15) is 19.0 Å². The number of carbonyl (C=O) groups excluding carboxylic acids is 1. The number of hydrogen-bond donors (Lipinski definition) is 1. The van der Waals surface area contributed by atoms with E-state index in [0.717, 1.165) is 22.6 Å². The molecule has 2 aromatic carbocycles. The van der Waals surface area contributed by atoms with Gasteiger partial charge in [0.25, 0.3) is 5.91 Å². The highest BCUT2D eigenvalue weighted by molar-refractivity contribution is 6.30. The summed E-state index contributed by atoms with van der Waals surface area (Å²) in [5.74, 6) is 2.03. The first-order valence-electron chi connectivity index (χ1n) is 7.80. The fraction of sp³-hybridized carbons (Fsp3) is 0.278. The summed E-state index contributed by atoms with van der Waals surface area (Å²) in [5.41, 5.74) is 1.91. The average molecular weight is 346 g/mol. The first-order valence-corrected chi connectivity index (χ1v) is 8.18. The minimum atomic E-state index is -0.518. The van der Waals surface area contributed by atoms with E-state index in [1.807, 2.05) is 24.3 Å². The van der Waals surface area contributed by atoms with Gasteiger partial charge in [0.05, 0.1) is 0 Å². The van der Waals surface area contributed by atoms with Gasteiger partial charge in [0, 0.05) is 18.0 Å². The SMILES string of the molecule is O=C(NCc1ccc2c(c1)OCCO2)[C@@H]1Cc2cc(Cl)ccc2O1. The Balaban J connectivity index is 1.37. The van der Waals surface area contributed by atoms with Gasteiger partial charge >= 0.3 is 0 Å². The normalized spacial score (nSPS) is 17.8. The third-order valence-corrected chi connectivity index (χ3v) is 4.30. The van der Waals surface area contributed by atoms with Crippen LogP contribution >= 0.6 is 11.6 Å². The zero-order chi connectivity index (χ0) is 16.5. The van der Waals surface area contributed by atoms with E-state index in [0.29, 0.717) is 37.0 Å². The van der Waals surface area contributed by atoms with Gasteiger partial charge in [-0.2, -0.15) is 0 Å². The van der Waals surface area contributed by atoms with Crippen LogP contribution in [0.5, 0.6) is 17.2 Å². The molecule has 0 saturated heterocycles. The van der Waals surface area contributed by atoms with Gasteiger partial charge < -0.3 is 19.5 Å². The number of nitrogens with one attached hydrogen (secondary N) is 1. The van der Waals surface area contributed by atoms with Gasteiger partial charge in [-0.3, -0.25) is 4.79 Å². The number of amides is 1. The summed E-state index contributed by atoms with van der Waals surface area (Å²) in [6.07, 6.45) is 0.0127. The number of fused-ring (bicyclic) bond motifs is 2. The van der Waals surface area contributed by atoms with Crippen molar-refractivity contribution in [3.05, 3.63) is 52.5 Å². The highest BCUT2D eigenvalue weighted by Crippen LogP contribution is 2.32. The Bertz CT molecular complexity index is 793. The lowest BCUT2D eigenvalue weighted by molar-refractivity contribution is -0.127. The van der Waals surface area contributed by atoms with Crippen molar-refractivity contribution in [3.63, 3.8) is 0 Å². The van der Waals surface area contributed by atoms with E-state index < -0.39 is 6.10 Å². The molecule has 1 N–H and O–H groups in total. The van der Waals surface area contributed by atoms with Crippen LogP contribution in [-0.4, -0.2) is 25.2 Å². The third-order valence-electron chi connectivity index (χ3n) is 4.06. The highest BCUT2D eigenvalue weighted by Gasteiger charge is 2.29. The lowest BCUT2D eigenvalue weighted by Crippen LogP contribution is -2.37. The fourth-order valence-corrected chi connectivity index (χ4v) is 3.06. The first kappa shape index (κ1) is 15.1. The molecule has 0 spiro atoms. The van der Waals surface area contributed by atoms with E-state index >= 15 is 0 Å².